The van der Waals surface area contributed by atoms with Gasteiger partial charge >= 0.3 is 68.7 Å². The second-order valence-corrected chi connectivity index (χ2v) is 2.45. The van der Waals surface area contributed by atoms with Gasteiger partial charge in [0.25, 0.3) is 0 Å². The van der Waals surface area contributed by atoms with Crippen molar-refractivity contribution in [3.8, 4) is 0 Å². The van der Waals surface area contributed by atoms with Crippen molar-refractivity contribution in [3.05, 3.63) is 0 Å². The minimum atomic E-state index is -5.17. The summed E-state index contributed by atoms with van der Waals surface area (Å²) < 4.78 is 68.2. The number of rotatable bonds is 0. The molecule has 0 aromatic heterocycles. The molecule has 0 amide bonds. The molecule has 67 valence electrons. The maximum Gasteiger partial charge on any atom is 3.00 e. The van der Waals surface area contributed by atoms with Gasteiger partial charge in [-0.3, -0.25) is 16.8 Å². The van der Waals surface area contributed by atoms with Gasteiger partial charge in [0.05, 0.1) is 0 Å². The van der Waals surface area contributed by atoms with E-state index in [9.17, 15) is 0 Å². The average molecular weight is 283 g/mol. The van der Waals surface area contributed by atoms with Crippen LogP contribution in [0.1, 0.15) is 0 Å². The van der Waals surface area contributed by atoms with E-state index in [4.69, 9.17) is 35.0 Å². The van der Waals surface area contributed by atoms with Gasteiger partial charge in [0.1, 0.15) is 0 Å². The molecule has 0 N–H and O–H groups in total. The summed E-state index contributed by atoms with van der Waals surface area (Å²) in [4.78, 5) is 0. The first-order valence-corrected chi connectivity index (χ1v) is 4.00. The van der Waals surface area contributed by atoms with Crippen molar-refractivity contribution in [2.45, 2.75) is 0 Å². The molecule has 0 fully saturated rings. The summed E-state index contributed by atoms with van der Waals surface area (Å²) >= 11 is 0. The fourth-order valence-corrected chi connectivity index (χ4v) is 0. The molecule has 12 heavy (non-hydrogen) atoms. The first-order valence-electron chi connectivity index (χ1n) is 1.33. The first-order chi connectivity index (χ1) is 4.00. The Morgan fingerprint density at radius 1 is 0.667 bits per heavy atom. The fraction of sp³-hybridized carbons (Fsp3) is 0. The Balaban J connectivity index is -0.0000000457. The van der Waals surface area contributed by atoms with Gasteiger partial charge in [-0.25, -0.2) is 0 Å². The molecule has 0 aromatic carbocycles. The van der Waals surface area contributed by atoms with E-state index in [1.165, 1.54) is 0 Å². The van der Waals surface area contributed by atoms with Crippen molar-refractivity contribution in [1.82, 2.24) is 0 Å². The Morgan fingerprint density at radius 2 is 0.667 bits per heavy atom. The Morgan fingerprint density at radius 3 is 0.667 bits per heavy atom. The van der Waals surface area contributed by atoms with E-state index in [1.54, 1.807) is 0 Å². The Labute approximate surface area is 122 Å². The van der Waals surface area contributed by atoms with Crippen molar-refractivity contribution >= 4 is 20.8 Å². The van der Waals surface area contributed by atoms with E-state index in [2.05, 4.69) is 0 Å². The molecule has 12 heteroatoms. The second-order valence-electron chi connectivity index (χ2n) is 0.816. The van der Waals surface area contributed by atoms with Crippen LogP contribution in [0.5, 0.6) is 0 Å². The molecule has 0 rings (SSSR count). The third-order valence-electron chi connectivity index (χ3n) is 0. The molecule has 0 heterocycles. The third-order valence-corrected chi connectivity index (χ3v) is 0. The van der Waals surface area contributed by atoms with E-state index in [1.807, 2.05) is 0 Å². The predicted molar refractivity (Wildman–Crippen MR) is 20.9 cm³/mol. The largest absolute Gasteiger partial charge is 3.00 e. The molecule has 0 saturated heterocycles. The van der Waals surface area contributed by atoms with Crippen molar-refractivity contribution in [3.63, 3.8) is 0 Å². The van der Waals surface area contributed by atoms with E-state index >= 15 is 0 Å². The van der Waals surface area contributed by atoms with Crippen molar-refractivity contribution < 1.29 is 104 Å². The van der Waals surface area contributed by atoms with Crippen molar-refractivity contribution in [1.29, 1.82) is 0 Å². The smallest absolute Gasteiger partial charge is 0.759 e. The minimum absolute atomic E-state index is 0. The molecular formula is CrKO8S2. The van der Waals surface area contributed by atoms with E-state index < -0.39 is 20.8 Å². The predicted octanol–water partition coefficient (Wildman–Crippen LogP) is -5.67. The maximum absolute atomic E-state index is 8.52. The van der Waals surface area contributed by atoms with Crippen molar-refractivity contribution in [2.24, 2.45) is 0 Å². The van der Waals surface area contributed by atoms with Crippen LogP contribution in [-0.4, -0.2) is 35.0 Å². The summed E-state index contributed by atoms with van der Waals surface area (Å²) in [6.45, 7) is 0. The van der Waals surface area contributed by atoms with Crippen LogP contribution in [0.25, 0.3) is 0 Å². The van der Waals surface area contributed by atoms with Gasteiger partial charge in [0.15, 0.2) is 0 Å². The van der Waals surface area contributed by atoms with E-state index in [-0.39, 0.29) is 68.7 Å². The second kappa shape index (κ2) is 9.46. The van der Waals surface area contributed by atoms with Crippen molar-refractivity contribution in [2.75, 3.05) is 0 Å². The molecule has 0 aliphatic carbocycles. The summed E-state index contributed by atoms with van der Waals surface area (Å²) in [5.74, 6) is 0. The minimum Gasteiger partial charge on any atom is -0.759 e. The third kappa shape index (κ3) is 389. The first kappa shape index (κ1) is 23.6. The summed E-state index contributed by atoms with van der Waals surface area (Å²) in [5.41, 5.74) is 0. The number of hydrogen-bond acceptors (Lipinski definition) is 8. The zero-order valence-corrected chi connectivity index (χ0v) is 11.5. The molecule has 0 aromatic rings. The van der Waals surface area contributed by atoms with E-state index in [0.29, 0.717) is 0 Å². The Bertz CT molecular complexity index is 213. The van der Waals surface area contributed by atoms with Crippen LogP contribution in [0.15, 0.2) is 0 Å². The maximum atomic E-state index is 8.52. The van der Waals surface area contributed by atoms with Crippen LogP contribution in [0, 0.1) is 0 Å². The topological polar surface area (TPSA) is 161 Å². The molecule has 0 bridgehead atoms. The zero-order chi connectivity index (χ0) is 9.00. The van der Waals surface area contributed by atoms with Crippen LogP contribution in [0.3, 0.4) is 0 Å². The Hall–Kier alpha value is 1.91. The number of hydrogen-bond donors (Lipinski definition) is 0. The normalized spacial score (nSPS) is 9.67. The van der Waals surface area contributed by atoms with Crippen LogP contribution in [0.4, 0.5) is 0 Å². The van der Waals surface area contributed by atoms with Gasteiger partial charge in [-0.05, 0) is 0 Å². The zero-order valence-electron chi connectivity index (χ0n) is 5.49. The van der Waals surface area contributed by atoms with Crippen LogP contribution >= 0.6 is 0 Å². The van der Waals surface area contributed by atoms with Crippen LogP contribution < -0.4 is 51.4 Å². The van der Waals surface area contributed by atoms with Gasteiger partial charge in [-0.2, -0.15) is 0 Å². The fourth-order valence-electron chi connectivity index (χ4n) is 0. The van der Waals surface area contributed by atoms with E-state index in [0.717, 1.165) is 0 Å². The van der Waals surface area contributed by atoms with Gasteiger partial charge in [0.2, 0.25) is 0 Å². The van der Waals surface area contributed by atoms with Gasteiger partial charge < -0.3 is 18.2 Å². The van der Waals surface area contributed by atoms with Gasteiger partial charge in [-0.1, -0.05) is 0 Å². The molecule has 0 spiro atoms. The molecule has 0 unspecified atom stereocenters. The van der Waals surface area contributed by atoms with Gasteiger partial charge in [0, 0.05) is 20.8 Å². The standard InChI is InChI=1S/Cr.K.2H2O4S/c;;2*1-5(2,3)4/h;;2*(H2,1,2,3,4)/q+3;+1;;/p-4. The molecule has 0 aliphatic heterocycles. The van der Waals surface area contributed by atoms with Crippen LogP contribution in [-0.2, 0) is 38.2 Å². The molecule has 1 radical (unpaired) electrons. The quantitative estimate of drug-likeness (QED) is 0.241. The average Bonchev–Trinajstić information content (AvgIpc) is 1.12. The van der Waals surface area contributed by atoms with Crippen LogP contribution in [0.2, 0.25) is 0 Å². The summed E-state index contributed by atoms with van der Waals surface area (Å²) in [7, 11) is -10.3. The molecule has 0 aliphatic rings. The molecule has 0 saturated carbocycles. The SMILES string of the molecule is O=S(=O)([O-])[O-].O=S(=O)([O-])[O-].[Cr+3].[K+]. The monoisotopic (exact) mass is 283 g/mol. The summed E-state index contributed by atoms with van der Waals surface area (Å²) in [5, 5.41) is 0. The summed E-state index contributed by atoms with van der Waals surface area (Å²) in [6.07, 6.45) is 0. The van der Waals surface area contributed by atoms with Gasteiger partial charge in [-0.15, -0.1) is 0 Å². The molecule has 0 atom stereocenters. The molecular weight excluding hydrogens is 283 g/mol. The summed E-state index contributed by atoms with van der Waals surface area (Å²) in [6, 6.07) is 0. The molecule has 8 nitrogen and oxygen atoms in total. The Kier molecular flexibility index (Phi) is 18.6.